The van der Waals surface area contributed by atoms with E-state index in [-0.39, 0.29) is 24.3 Å². The molecule has 0 bridgehead atoms. The van der Waals surface area contributed by atoms with E-state index >= 15 is 0 Å². The number of pyridine rings is 1. The first-order valence-corrected chi connectivity index (χ1v) is 7.11. The number of piperidine rings is 1. The number of nitrogens with zero attached hydrogens (tertiary/aromatic N) is 1. The standard InChI is InChI=1S/C14H18F3N3O2/c15-14(16,17)11-1-2-12(20-9-11)22-8-7-19-13(21)10-3-5-18-6-4-10/h1-2,9-10,18H,3-8H2,(H,19,21). The van der Waals surface area contributed by atoms with Crippen LogP contribution in [0.25, 0.3) is 0 Å². The third-order valence-corrected chi connectivity index (χ3v) is 3.42. The van der Waals surface area contributed by atoms with Gasteiger partial charge in [0.25, 0.3) is 0 Å². The fraction of sp³-hybridized carbons (Fsp3) is 0.571. The van der Waals surface area contributed by atoms with Gasteiger partial charge in [0, 0.05) is 18.2 Å². The predicted octanol–water partition coefficient (Wildman–Crippen LogP) is 1.59. The second-order valence-corrected chi connectivity index (χ2v) is 5.05. The van der Waals surface area contributed by atoms with Crippen LogP contribution in [-0.4, -0.2) is 37.1 Å². The molecule has 1 amide bonds. The van der Waals surface area contributed by atoms with E-state index in [0.29, 0.717) is 6.54 Å². The van der Waals surface area contributed by atoms with E-state index in [0.717, 1.165) is 44.3 Å². The lowest BCUT2D eigenvalue weighted by molar-refractivity contribution is -0.137. The highest BCUT2D eigenvalue weighted by Crippen LogP contribution is 2.29. The highest BCUT2D eigenvalue weighted by molar-refractivity contribution is 5.78. The van der Waals surface area contributed by atoms with E-state index in [1.54, 1.807) is 0 Å². The number of alkyl halides is 3. The molecule has 8 heteroatoms. The van der Waals surface area contributed by atoms with Crippen LogP contribution < -0.4 is 15.4 Å². The zero-order chi connectivity index (χ0) is 16.0. The Kier molecular flexibility index (Phi) is 5.59. The molecule has 5 nitrogen and oxygen atoms in total. The number of ether oxygens (including phenoxy) is 1. The van der Waals surface area contributed by atoms with Gasteiger partial charge in [-0.3, -0.25) is 4.79 Å². The Morgan fingerprint density at radius 1 is 1.36 bits per heavy atom. The van der Waals surface area contributed by atoms with Gasteiger partial charge in [0.1, 0.15) is 6.61 Å². The van der Waals surface area contributed by atoms with Crippen molar-refractivity contribution >= 4 is 5.91 Å². The number of nitrogens with one attached hydrogen (secondary N) is 2. The summed E-state index contributed by atoms with van der Waals surface area (Å²) >= 11 is 0. The molecule has 0 atom stereocenters. The minimum absolute atomic E-state index is 0.00882. The molecule has 0 aliphatic carbocycles. The molecule has 1 aromatic heterocycles. The summed E-state index contributed by atoms with van der Waals surface area (Å²) in [6.45, 7) is 2.13. The number of rotatable bonds is 5. The van der Waals surface area contributed by atoms with E-state index in [1.807, 2.05) is 0 Å². The summed E-state index contributed by atoms with van der Waals surface area (Å²) in [4.78, 5) is 15.4. The number of aromatic nitrogens is 1. The average Bonchev–Trinajstić information content (AvgIpc) is 2.52. The first-order valence-electron chi connectivity index (χ1n) is 7.11. The Bertz CT molecular complexity index is 485. The van der Waals surface area contributed by atoms with Crippen molar-refractivity contribution in [2.45, 2.75) is 19.0 Å². The zero-order valence-electron chi connectivity index (χ0n) is 11.9. The summed E-state index contributed by atoms with van der Waals surface area (Å²) in [6, 6.07) is 2.08. The van der Waals surface area contributed by atoms with E-state index < -0.39 is 11.7 Å². The second kappa shape index (κ2) is 7.44. The molecular weight excluding hydrogens is 299 g/mol. The van der Waals surface area contributed by atoms with Crippen LogP contribution in [0.2, 0.25) is 0 Å². The first kappa shape index (κ1) is 16.5. The van der Waals surface area contributed by atoms with Crippen LogP contribution in [-0.2, 0) is 11.0 Å². The number of carbonyl (C=O) groups excluding carboxylic acids is 1. The van der Waals surface area contributed by atoms with Crippen molar-refractivity contribution in [3.63, 3.8) is 0 Å². The van der Waals surface area contributed by atoms with Gasteiger partial charge in [-0.25, -0.2) is 4.98 Å². The molecular formula is C14H18F3N3O2. The molecule has 1 saturated heterocycles. The number of hydrogen-bond acceptors (Lipinski definition) is 4. The van der Waals surface area contributed by atoms with Crippen molar-refractivity contribution in [1.82, 2.24) is 15.6 Å². The average molecular weight is 317 g/mol. The number of carbonyl (C=O) groups is 1. The van der Waals surface area contributed by atoms with Crippen LogP contribution in [0.4, 0.5) is 13.2 Å². The molecule has 0 radical (unpaired) electrons. The molecule has 122 valence electrons. The minimum Gasteiger partial charge on any atom is -0.476 e. The molecule has 0 unspecified atom stereocenters. The topological polar surface area (TPSA) is 63.2 Å². The molecule has 2 heterocycles. The molecule has 2 N–H and O–H groups in total. The van der Waals surface area contributed by atoms with Crippen LogP contribution in [0, 0.1) is 5.92 Å². The van der Waals surface area contributed by atoms with Gasteiger partial charge >= 0.3 is 6.18 Å². The van der Waals surface area contributed by atoms with Crippen LogP contribution in [0.15, 0.2) is 18.3 Å². The van der Waals surface area contributed by atoms with Crippen molar-refractivity contribution in [1.29, 1.82) is 0 Å². The molecule has 1 aromatic rings. The molecule has 1 aliphatic rings. The van der Waals surface area contributed by atoms with Crippen molar-refractivity contribution in [3.8, 4) is 5.88 Å². The Morgan fingerprint density at radius 3 is 2.68 bits per heavy atom. The van der Waals surface area contributed by atoms with Crippen LogP contribution in [0.1, 0.15) is 18.4 Å². The van der Waals surface area contributed by atoms with Gasteiger partial charge in [-0.15, -0.1) is 0 Å². The monoisotopic (exact) mass is 317 g/mol. The van der Waals surface area contributed by atoms with Gasteiger partial charge in [-0.05, 0) is 32.0 Å². The largest absolute Gasteiger partial charge is 0.476 e. The minimum atomic E-state index is -4.41. The summed E-state index contributed by atoms with van der Waals surface area (Å²) in [5.41, 5.74) is -0.820. The van der Waals surface area contributed by atoms with Crippen molar-refractivity contribution < 1.29 is 22.7 Å². The molecule has 0 saturated carbocycles. The summed E-state index contributed by atoms with van der Waals surface area (Å²) in [6.07, 6.45) is -2.06. The molecule has 0 spiro atoms. The van der Waals surface area contributed by atoms with Crippen LogP contribution >= 0.6 is 0 Å². The summed E-state index contributed by atoms with van der Waals surface area (Å²) in [5, 5.41) is 5.94. The normalized spacial score (nSPS) is 16.3. The summed E-state index contributed by atoms with van der Waals surface area (Å²) in [5.74, 6) is 0.111. The fourth-order valence-corrected chi connectivity index (χ4v) is 2.19. The maximum atomic E-state index is 12.4. The molecule has 2 rings (SSSR count). The second-order valence-electron chi connectivity index (χ2n) is 5.05. The smallest absolute Gasteiger partial charge is 0.417 e. The molecule has 1 aliphatic heterocycles. The van der Waals surface area contributed by atoms with Gasteiger partial charge in [0.05, 0.1) is 12.1 Å². The number of hydrogen-bond donors (Lipinski definition) is 2. The lowest BCUT2D eigenvalue weighted by Gasteiger charge is -2.21. The third kappa shape index (κ3) is 4.87. The van der Waals surface area contributed by atoms with E-state index in [9.17, 15) is 18.0 Å². The van der Waals surface area contributed by atoms with E-state index in [2.05, 4.69) is 15.6 Å². The molecule has 22 heavy (non-hydrogen) atoms. The Balaban J connectivity index is 1.69. The SMILES string of the molecule is O=C(NCCOc1ccc(C(F)(F)F)cn1)C1CCNCC1. The highest BCUT2D eigenvalue weighted by Gasteiger charge is 2.30. The van der Waals surface area contributed by atoms with Gasteiger partial charge < -0.3 is 15.4 Å². The zero-order valence-corrected chi connectivity index (χ0v) is 11.9. The maximum absolute atomic E-state index is 12.4. The fourth-order valence-electron chi connectivity index (χ4n) is 2.19. The highest BCUT2D eigenvalue weighted by atomic mass is 19.4. The third-order valence-electron chi connectivity index (χ3n) is 3.42. The summed E-state index contributed by atoms with van der Waals surface area (Å²) < 4.78 is 42.3. The van der Waals surface area contributed by atoms with Crippen molar-refractivity contribution in [3.05, 3.63) is 23.9 Å². The lowest BCUT2D eigenvalue weighted by atomic mass is 9.97. The van der Waals surface area contributed by atoms with Crippen molar-refractivity contribution in [2.75, 3.05) is 26.2 Å². The quantitative estimate of drug-likeness (QED) is 0.810. The van der Waals surface area contributed by atoms with Gasteiger partial charge in [-0.2, -0.15) is 13.2 Å². The van der Waals surface area contributed by atoms with Gasteiger partial charge in [0.2, 0.25) is 11.8 Å². The Hall–Kier alpha value is -1.83. The van der Waals surface area contributed by atoms with Crippen LogP contribution in [0.5, 0.6) is 5.88 Å². The Labute approximate surface area is 126 Å². The van der Waals surface area contributed by atoms with Gasteiger partial charge in [0.15, 0.2) is 0 Å². The molecule has 0 aromatic carbocycles. The predicted molar refractivity (Wildman–Crippen MR) is 73.3 cm³/mol. The lowest BCUT2D eigenvalue weighted by Crippen LogP contribution is -2.39. The summed E-state index contributed by atoms with van der Waals surface area (Å²) in [7, 11) is 0. The van der Waals surface area contributed by atoms with E-state index in [4.69, 9.17) is 4.74 Å². The Morgan fingerprint density at radius 2 is 2.09 bits per heavy atom. The number of halogens is 3. The maximum Gasteiger partial charge on any atom is 0.417 e. The first-order chi connectivity index (χ1) is 10.5. The van der Waals surface area contributed by atoms with Crippen LogP contribution in [0.3, 0.4) is 0 Å². The van der Waals surface area contributed by atoms with E-state index in [1.165, 1.54) is 0 Å². The molecule has 1 fully saturated rings. The van der Waals surface area contributed by atoms with Crippen molar-refractivity contribution in [2.24, 2.45) is 5.92 Å². The number of amides is 1. The van der Waals surface area contributed by atoms with Gasteiger partial charge in [-0.1, -0.05) is 0 Å².